The summed E-state index contributed by atoms with van der Waals surface area (Å²) in [6, 6.07) is 1.83. The van der Waals surface area contributed by atoms with Crippen molar-refractivity contribution in [3.05, 3.63) is 23.8 Å². The summed E-state index contributed by atoms with van der Waals surface area (Å²) in [7, 11) is 1.64. The summed E-state index contributed by atoms with van der Waals surface area (Å²) in [6.45, 7) is 1.02. The van der Waals surface area contributed by atoms with E-state index in [-0.39, 0.29) is 5.92 Å². The summed E-state index contributed by atoms with van der Waals surface area (Å²) in [6.07, 6.45) is 3.44. The van der Waals surface area contributed by atoms with Crippen molar-refractivity contribution in [3.8, 4) is 0 Å². The first-order chi connectivity index (χ1) is 6.90. The molecule has 1 aromatic rings. The smallest absolute Gasteiger partial charge is 0.140 e. The van der Waals surface area contributed by atoms with Crippen molar-refractivity contribution < 1.29 is 9.57 Å². The van der Waals surface area contributed by atoms with E-state index >= 15 is 0 Å². The van der Waals surface area contributed by atoms with Gasteiger partial charge in [-0.15, -0.1) is 0 Å². The van der Waals surface area contributed by atoms with Gasteiger partial charge in [0.05, 0.1) is 24.4 Å². The maximum absolute atomic E-state index is 4.99. The van der Waals surface area contributed by atoms with Gasteiger partial charge in [0.2, 0.25) is 0 Å². The van der Waals surface area contributed by atoms with E-state index in [0.717, 1.165) is 11.5 Å². The third-order valence-electron chi connectivity index (χ3n) is 1.93. The van der Waals surface area contributed by atoms with Crippen molar-refractivity contribution in [2.45, 2.75) is 12.5 Å². The summed E-state index contributed by atoms with van der Waals surface area (Å²) < 4.78 is 4.99. The monoisotopic (exact) mass is 193 g/mol. The Kier molecular flexibility index (Phi) is 2.69. The van der Waals surface area contributed by atoms with E-state index in [2.05, 4.69) is 15.1 Å². The Hall–Kier alpha value is -1.49. The minimum Gasteiger partial charge on any atom is -0.395 e. The average Bonchev–Trinajstić information content (AvgIpc) is 2.71. The number of oxime groups is 1. The third-order valence-corrected chi connectivity index (χ3v) is 1.93. The highest BCUT2D eigenvalue weighted by Gasteiger charge is 2.17. The van der Waals surface area contributed by atoms with Gasteiger partial charge in [0.1, 0.15) is 12.4 Å². The second kappa shape index (κ2) is 4.15. The molecule has 14 heavy (non-hydrogen) atoms. The molecule has 0 saturated heterocycles. The van der Waals surface area contributed by atoms with Gasteiger partial charge < -0.3 is 9.57 Å². The van der Waals surface area contributed by atoms with Gasteiger partial charge in [0, 0.05) is 13.3 Å². The maximum atomic E-state index is 4.99. The molecule has 1 atom stereocenters. The highest BCUT2D eigenvalue weighted by molar-refractivity contribution is 5.67. The molecular weight excluding hydrogens is 182 g/mol. The van der Waals surface area contributed by atoms with Gasteiger partial charge in [0.25, 0.3) is 0 Å². The lowest BCUT2D eigenvalue weighted by Crippen LogP contribution is -2.08. The van der Waals surface area contributed by atoms with E-state index in [0.29, 0.717) is 13.2 Å². The zero-order valence-corrected chi connectivity index (χ0v) is 7.88. The minimum absolute atomic E-state index is 0.0757. The van der Waals surface area contributed by atoms with Crippen LogP contribution in [0.2, 0.25) is 0 Å². The Morgan fingerprint density at radius 1 is 1.64 bits per heavy atom. The fourth-order valence-electron chi connectivity index (χ4n) is 1.24. The Morgan fingerprint density at radius 2 is 2.57 bits per heavy atom. The molecule has 0 radical (unpaired) electrons. The first kappa shape index (κ1) is 9.08. The van der Waals surface area contributed by atoms with Crippen LogP contribution in [0.4, 0.5) is 0 Å². The van der Waals surface area contributed by atoms with Crippen molar-refractivity contribution in [2.75, 3.05) is 13.7 Å². The highest BCUT2D eigenvalue weighted by atomic mass is 16.6. The molecule has 0 saturated carbocycles. The van der Waals surface area contributed by atoms with Crippen LogP contribution in [0.1, 0.15) is 17.4 Å². The van der Waals surface area contributed by atoms with Gasteiger partial charge in [-0.3, -0.25) is 0 Å². The maximum Gasteiger partial charge on any atom is 0.140 e. The van der Waals surface area contributed by atoms with Crippen LogP contribution >= 0.6 is 0 Å². The number of rotatable bonds is 3. The molecule has 0 aromatic carbocycles. The van der Waals surface area contributed by atoms with Gasteiger partial charge in [-0.05, 0) is 6.07 Å². The van der Waals surface area contributed by atoms with Crippen molar-refractivity contribution >= 4 is 6.21 Å². The number of methoxy groups -OCH3 is 1. The first-order valence-electron chi connectivity index (χ1n) is 4.36. The quantitative estimate of drug-likeness (QED) is 0.709. The largest absolute Gasteiger partial charge is 0.395 e. The Morgan fingerprint density at radius 3 is 3.29 bits per heavy atom. The molecule has 0 amide bonds. The van der Waals surface area contributed by atoms with E-state index in [1.807, 2.05) is 6.07 Å². The molecule has 0 aliphatic carbocycles. The molecule has 1 aliphatic heterocycles. The molecule has 1 aliphatic rings. The third kappa shape index (κ3) is 1.88. The second-order valence-electron chi connectivity index (χ2n) is 3.00. The summed E-state index contributed by atoms with van der Waals surface area (Å²) in [5, 5.41) is 3.68. The molecule has 0 spiro atoms. The summed E-state index contributed by atoms with van der Waals surface area (Å²) in [5.41, 5.74) is 0.873. The molecule has 1 unspecified atom stereocenters. The SMILES string of the molecule is COCc1ccnc(C2C=NOC2)n1. The predicted molar refractivity (Wildman–Crippen MR) is 49.9 cm³/mol. The van der Waals surface area contributed by atoms with Gasteiger partial charge in [0.15, 0.2) is 0 Å². The van der Waals surface area contributed by atoms with E-state index in [1.165, 1.54) is 0 Å². The lowest BCUT2D eigenvalue weighted by Gasteiger charge is -2.04. The van der Waals surface area contributed by atoms with Crippen LogP contribution in [0.3, 0.4) is 0 Å². The zero-order valence-electron chi connectivity index (χ0n) is 7.88. The topological polar surface area (TPSA) is 56.6 Å². The Balaban J connectivity index is 2.16. The van der Waals surface area contributed by atoms with Gasteiger partial charge in [-0.25, -0.2) is 9.97 Å². The van der Waals surface area contributed by atoms with Crippen LogP contribution in [0.15, 0.2) is 17.4 Å². The number of nitrogens with zero attached hydrogens (tertiary/aromatic N) is 3. The number of ether oxygens (including phenoxy) is 1. The Bertz CT molecular complexity index is 341. The lowest BCUT2D eigenvalue weighted by molar-refractivity contribution is 0.164. The summed E-state index contributed by atoms with van der Waals surface area (Å²) in [4.78, 5) is 13.4. The fraction of sp³-hybridized carbons (Fsp3) is 0.444. The number of hydrogen-bond acceptors (Lipinski definition) is 5. The van der Waals surface area contributed by atoms with Crippen LogP contribution in [-0.2, 0) is 16.2 Å². The van der Waals surface area contributed by atoms with Crippen LogP contribution in [0.25, 0.3) is 0 Å². The normalized spacial score (nSPS) is 19.6. The first-order valence-corrected chi connectivity index (χ1v) is 4.36. The average molecular weight is 193 g/mol. The molecule has 0 N–H and O–H groups in total. The highest BCUT2D eigenvalue weighted by Crippen LogP contribution is 2.14. The van der Waals surface area contributed by atoms with Crippen molar-refractivity contribution in [1.29, 1.82) is 0 Å². The van der Waals surface area contributed by atoms with E-state index in [1.54, 1.807) is 19.5 Å². The molecule has 2 rings (SSSR count). The summed E-state index contributed by atoms with van der Waals surface area (Å²) >= 11 is 0. The molecule has 2 heterocycles. The molecule has 74 valence electrons. The van der Waals surface area contributed by atoms with Gasteiger partial charge >= 0.3 is 0 Å². The van der Waals surface area contributed by atoms with E-state index < -0.39 is 0 Å². The predicted octanol–water partition coefficient (Wildman–Crippen LogP) is 0.723. The van der Waals surface area contributed by atoms with Crippen LogP contribution in [-0.4, -0.2) is 29.9 Å². The zero-order chi connectivity index (χ0) is 9.80. The molecule has 5 nitrogen and oxygen atoms in total. The fourth-order valence-corrected chi connectivity index (χ4v) is 1.24. The van der Waals surface area contributed by atoms with E-state index in [9.17, 15) is 0 Å². The lowest BCUT2D eigenvalue weighted by atomic mass is 10.2. The van der Waals surface area contributed by atoms with Crippen molar-refractivity contribution in [3.63, 3.8) is 0 Å². The number of aromatic nitrogens is 2. The molecule has 0 fully saturated rings. The minimum atomic E-state index is 0.0757. The van der Waals surface area contributed by atoms with Crippen molar-refractivity contribution in [1.82, 2.24) is 9.97 Å². The standard InChI is InChI=1S/C9H11N3O2/c1-13-6-8-2-3-10-9(12-8)7-4-11-14-5-7/h2-4,7H,5-6H2,1H3. The number of hydrogen-bond donors (Lipinski definition) is 0. The Labute approximate surface area is 81.8 Å². The van der Waals surface area contributed by atoms with Gasteiger partial charge in [-0.2, -0.15) is 0 Å². The van der Waals surface area contributed by atoms with Crippen LogP contribution in [0, 0.1) is 0 Å². The molecular formula is C9H11N3O2. The molecule has 5 heteroatoms. The van der Waals surface area contributed by atoms with Crippen LogP contribution < -0.4 is 0 Å². The van der Waals surface area contributed by atoms with E-state index in [4.69, 9.17) is 9.57 Å². The molecule has 0 bridgehead atoms. The molecule has 1 aromatic heterocycles. The van der Waals surface area contributed by atoms with Crippen LogP contribution in [0.5, 0.6) is 0 Å². The second-order valence-corrected chi connectivity index (χ2v) is 3.00. The summed E-state index contributed by atoms with van der Waals surface area (Å²) in [5.74, 6) is 0.813. The van der Waals surface area contributed by atoms with Crippen molar-refractivity contribution in [2.24, 2.45) is 5.16 Å². The van der Waals surface area contributed by atoms with Gasteiger partial charge in [-0.1, -0.05) is 5.16 Å².